The van der Waals surface area contributed by atoms with E-state index in [9.17, 15) is 13.8 Å². The van der Waals surface area contributed by atoms with E-state index in [0.717, 1.165) is 37.4 Å². The van der Waals surface area contributed by atoms with Gasteiger partial charge in [-0.25, -0.2) is 9.78 Å². The highest BCUT2D eigenvalue weighted by Crippen LogP contribution is 2.22. The highest BCUT2D eigenvalue weighted by atomic mass is 32.8. The number of piperazine rings is 1. The summed E-state index contributed by atoms with van der Waals surface area (Å²) in [6.45, 7) is 3.53. The molecule has 1 fully saturated rings. The van der Waals surface area contributed by atoms with Gasteiger partial charge in [-0.05, 0) is 47.1 Å². The number of anilines is 1. The van der Waals surface area contributed by atoms with Gasteiger partial charge in [0.15, 0.2) is 5.75 Å². The normalized spacial score (nSPS) is 16.6. The average molecular weight is 475 g/mol. The number of carbonyl (C=O) groups is 1. The predicted octanol–water partition coefficient (Wildman–Crippen LogP) is 1.81. The van der Waals surface area contributed by atoms with Crippen LogP contribution in [0.15, 0.2) is 58.6 Å². The van der Waals surface area contributed by atoms with E-state index >= 15 is 0 Å². The third kappa shape index (κ3) is 4.74. The zero-order valence-electron chi connectivity index (χ0n) is 17.3. The van der Waals surface area contributed by atoms with Crippen LogP contribution in [0.4, 0.5) is 10.5 Å². The van der Waals surface area contributed by atoms with E-state index in [-0.39, 0.29) is 5.75 Å². The van der Waals surface area contributed by atoms with Crippen LogP contribution in [0.3, 0.4) is 0 Å². The van der Waals surface area contributed by atoms with E-state index < -0.39 is 20.2 Å². The second-order valence-electron chi connectivity index (χ2n) is 7.55. The molecule has 168 valence electrons. The van der Waals surface area contributed by atoms with Crippen LogP contribution in [0.25, 0.3) is 5.52 Å². The summed E-state index contributed by atoms with van der Waals surface area (Å²) >= 11 is 5.06. The summed E-state index contributed by atoms with van der Waals surface area (Å²) in [4.78, 5) is 32.1. The predicted molar refractivity (Wildman–Crippen MR) is 124 cm³/mol. The second kappa shape index (κ2) is 8.85. The minimum atomic E-state index is -2.55. The Morgan fingerprint density at radius 3 is 2.66 bits per heavy atom. The van der Waals surface area contributed by atoms with Gasteiger partial charge in [0.2, 0.25) is 0 Å². The number of rotatable bonds is 5. The van der Waals surface area contributed by atoms with Gasteiger partial charge >= 0.3 is 6.16 Å². The fourth-order valence-electron chi connectivity index (χ4n) is 3.79. The van der Waals surface area contributed by atoms with Gasteiger partial charge < -0.3 is 14.7 Å². The third-order valence-corrected chi connectivity index (χ3v) is 6.85. The first-order chi connectivity index (χ1) is 15.2. The number of ether oxygens (including phenoxy) is 1. The average Bonchev–Trinajstić information content (AvgIpc) is 2.77. The Morgan fingerprint density at radius 1 is 1.22 bits per heavy atom. The van der Waals surface area contributed by atoms with E-state index in [1.54, 1.807) is 24.5 Å². The smallest absolute Gasteiger partial charge is 0.449 e. The molecule has 3 aromatic heterocycles. The molecule has 9 nitrogen and oxygen atoms in total. The van der Waals surface area contributed by atoms with Crippen LogP contribution in [0.1, 0.15) is 5.56 Å². The standard InChI is InChI=1S/C21H22N4O5S2/c1-32(29,31)19-13-16(5-6-22-19)24-10-8-23(9-11-24)14-15-12-18(30-21(27)28)20(26)25-7-3-2-4-17(15)25/h2-7,12-13H,8-11,14H2,1H3,(H,27,28). The number of hydrogen-bond donors (Lipinski definition) is 1. The maximum Gasteiger partial charge on any atom is 0.511 e. The van der Waals surface area contributed by atoms with E-state index in [1.165, 1.54) is 16.7 Å². The minimum Gasteiger partial charge on any atom is -0.449 e. The van der Waals surface area contributed by atoms with Crippen molar-refractivity contribution in [2.75, 3.05) is 37.3 Å². The molecule has 1 aliphatic heterocycles. The number of pyridine rings is 3. The van der Waals surface area contributed by atoms with Crippen LogP contribution in [0.2, 0.25) is 0 Å². The summed E-state index contributed by atoms with van der Waals surface area (Å²) in [6.07, 6.45) is 3.21. The molecule has 11 heteroatoms. The molecular weight excluding hydrogens is 452 g/mol. The Bertz CT molecular complexity index is 1330. The lowest BCUT2D eigenvalue weighted by atomic mass is 10.1. The zero-order valence-corrected chi connectivity index (χ0v) is 19.0. The summed E-state index contributed by atoms with van der Waals surface area (Å²) in [5.74, 6) is -0.216. The Labute approximate surface area is 189 Å². The fraction of sp³-hybridized carbons (Fsp3) is 0.286. The number of fused-ring (bicyclic) bond motifs is 1. The lowest BCUT2D eigenvalue weighted by Gasteiger charge is -2.36. The molecule has 1 saturated heterocycles. The van der Waals surface area contributed by atoms with E-state index in [2.05, 4.69) is 14.8 Å². The van der Waals surface area contributed by atoms with Crippen LogP contribution in [-0.2, 0) is 26.2 Å². The molecule has 3 aromatic rings. The number of carboxylic acid groups (broad SMARTS) is 1. The molecule has 0 bridgehead atoms. The summed E-state index contributed by atoms with van der Waals surface area (Å²) in [7, 11) is -2.55. The van der Waals surface area contributed by atoms with Crippen molar-refractivity contribution >= 4 is 37.0 Å². The molecule has 0 aromatic carbocycles. The molecule has 0 aliphatic carbocycles. The van der Waals surface area contributed by atoms with Gasteiger partial charge in [-0.15, -0.1) is 0 Å². The van der Waals surface area contributed by atoms with Gasteiger partial charge in [0.1, 0.15) is 5.03 Å². The topological polar surface area (TPSA) is 104 Å². The lowest BCUT2D eigenvalue weighted by molar-refractivity contribution is 0.143. The summed E-state index contributed by atoms with van der Waals surface area (Å²) < 4.78 is 18.3. The first kappa shape index (κ1) is 22.2. The minimum absolute atomic E-state index is 0.216. The van der Waals surface area contributed by atoms with E-state index in [0.29, 0.717) is 17.1 Å². The maximum atomic E-state index is 12.5. The van der Waals surface area contributed by atoms with Gasteiger partial charge in [0.05, 0.1) is 14.0 Å². The molecule has 4 rings (SSSR count). The van der Waals surface area contributed by atoms with Crippen LogP contribution < -0.4 is 15.2 Å². The van der Waals surface area contributed by atoms with E-state index in [1.807, 2.05) is 18.2 Å². The monoisotopic (exact) mass is 474 g/mol. The molecule has 1 unspecified atom stereocenters. The van der Waals surface area contributed by atoms with Crippen LogP contribution in [0.5, 0.6) is 5.75 Å². The molecule has 0 amide bonds. The Kier molecular flexibility index (Phi) is 6.13. The molecule has 1 N–H and O–H groups in total. The van der Waals surface area contributed by atoms with Gasteiger partial charge in [-0.2, -0.15) is 0 Å². The molecule has 32 heavy (non-hydrogen) atoms. The van der Waals surface area contributed by atoms with Gasteiger partial charge in [0, 0.05) is 57.1 Å². The zero-order chi connectivity index (χ0) is 22.9. The molecule has 1 atom stereocenters. The van der Waals surface area contributed by atoms with Crippen LogP contribution in [0, 0.1) is 0 Å². The quantitative estimate of drug-likeness (QED) is 0.554. The Balaban J connectivity index is 1.53. The third-order valence-electron chi connectivity index (χ3n) is 5.35. The summed E-state index contributed by atoms with van der Waals surface area (Å²) in [5, 5.41) is 9.38. The highest BCUT2D eigenvalue weighted by Gasteiger charge is 2.21. The van der Waals surface area contributed by atoms with Crippen molar-refractivity contribution in [3.8, 4) is 5.75 Å². The van der Waals surface area contributed by atoms with Crippen LogP contribution in [-0.4, -0.2) is 62.2 Å². The van der Waals surface area contributed by atoms with E-state index in [4.69, 9.17) is 21.0 Å². The molecule has 0 saturated carbocycles. The highest BCUT2D eigenvalue weighted by molar-refractivity contribution is 8.32. The molecule has 4 heterocycles. The van der Waals surface area contributed by atoms with Gasteiger partial charge in [-0.3, -0.25) is 18.3 Å². The van der Waals surface area contributed by atoms with Gasteiger partial charge in [0.25, 0.3) is 5.56 Å². The van der Waals surface area contributed by atoms with Crippen molar-refractivity contribution in [1.29, 1.82) is 0 Å². The largest absolute Gasteiger partial charge is 0.511 e. The lowest BCUT2D eigenvalue weighted by Crippen LogP contribution is -2.46. The second-order valence-corrected chi connectivity index (χ2v) is 11.4. The van der Waals surface area contributed by atoms with Crippen molar-refractivity contribution < 1.29 is 18.8 Å². The van der Waals surface area contributed by atoms with Crippen molar-refractivity contribution in [3.63, 3.8) is 0 Å². The van der Waals surface area contributed by atoms with Crippen molar-refractivity contribution in [2.24, 2.45) is 0 Å². The first-order valence-electron chi connectivity index (χ1n) is 9.90. The fourth-order valence-corrected chi connectivity index (χ4v) is 4.65. The van der Waals surface area contributed by atoms with Crippen molar-refractivity contribution in [3.05, 3.63) is 64.7 Å². The molecular formula is C21H22N4O5S2. The van der Waals surface area contributed by atoms with Crippen molar-refractivity contribution in [1.82, 2.24) is 14.3 Å². The molecule has 0 radical (unpaired) electrons. The first-order valence-corrected chi connectivity index (χ1v) is 12.8. The molecule has 0 spiro atoms. The Morgan fingerprint density at radius 2 is 1.97 bits per heavy atom. The molecule has 1 aliphatic rings. The summed E-state index contributed by atoms with van der Waals surface area (Å²) in [5.41, 5.74) is 1.93. The maximum absolute atomic E-state index is 12.5. The SMILES string of the molecule is CS(=O)(=S)c1cc(N2CCN(Cc3cc(OC(=O)O)c(=O)n4ccccc34)CC2)ccn1. The number of hydrogen-bond acceptors (Lipinski definition) is 8. The van der Waals surface area contributed by atoms with Crippen molar-refractivity contribution in [2.45, 2.75) is 11.6 Å². The van der Waals surface area contributed by atoms with Gasteiger partial charge in [-0.1, -0.05) is 6.07 Å². The number of nitrogens with zero attached hydrogens (tertiary/aromatic N) is 4. The van der Waals surface area contributed by atoms with Crippen LogP contribution >= 0.6 is 0 Å². The number of aromatic nitrogens is 2. The Hall–Kier alpha value is -3.02. The summed E-state index contributed by atoms with van der Waals surface area (Å²) in [6, 6.07) is 10.5.